The highest BCUT2D eigenvalue weighted by molar-refractivity contribution is 5.83. The maximum Gasteiger partial charge on any atom is 0.318 e. The second-order valence-electron chi connectivity index (χ2n) is 5.60. The molecule has 0 amide bonds. The van der Waals surface area contributed by atoms with E-state index in [2.05, 4.69) is 4.98 Å². The van der Waals surface area contributed by atoms with Crippen molar-refractivity contribution in [3.05, 3.63) is 30.1 Å². The van der Waals surface area contributed by atoms with Crippen molar-refractivity contribution in [2.24, 2.45) is 11.8 Å². The van der Waals surface area contributed by atoms with Crippen LogP contribution in [0, 0.1) is 11.8 Å². The fraction of sp³-hybridized carbons (Fsp3) is 0.600. The lowest BCUT2D eigenvalue weighted by atomic mass is 9.54. The lowest BCUT2D eigenvalue weighted by Gasteiger charge is -2.49. The maximum atomic E-state index is 12.4. The van der Waals surface area contributed by atoms with Gasteiger partial charge in [-0.15, -0.1) is 0 Å². The Morgan fingerprint density at radius 3 is 2.61 bits per heavy atom. The molecule has 3 saturated carbocycles. The summed E-state index contributed by atoms with van der Waals surface area (Å²) in [5.41, 5.74) is 0.434. The van der Waals surface area contributed by atoms with Gasteiger partial charge in [0.05, 0.1) is 12.8 Å². The second-order valence-corrected chi connectivity index (χ2v) is 5.60. The summed E-state index contributed by atoms with van der Waals surface area (Å²) in [5, 5.41) is 0. The fourth-order valence-corrected chi connectivity index (χ4v) is 3.96. The van der Waals surface area contributed by atoms with Crippen LogP contribution in [0.25, 0.3) is 0 Å². The SMILES string of the molecule is COC(=O)C1(c2ccccn2)CC2CCC1CC2. The van der Waals surface area contributed by atoms with Crippen LogP contribution in [0.1, 0.15) is 37.8 Å². The number of carbonyl (C=O) groups excluding carboxylic acids is 1. The van der Waals surface area contributed by atoms with Gasteiger partial charge in [0, 0.05) is 6.20 Å². The molecule has 0 saturated heterocycles. The Kier molecular flexibility index (Phi) is 2.84. The number of rotatable bonds is 2. The molecule has 0 spiro atoms. The van der Waals surface area contributed by atoms with Gasteiger partial charge in [-0.3, -0.25) is 9.78 Å². The molecule has 1 aromatic heterocycles. The monoisotopic (exact) mass is 245 g/mol. The minimum Gasteiger partial charge on any atom is -0.468 e. The van der Waals surface area contributed by atoms with E-state index in [1.807, 2.05) is 18.2 Å². The van der Waals surface area contributed by atoms with Gasteiger partial charge in [0.15, 0.2) is 0 Å². The summed E-state index contributed by atoms with van der Waals surface area (Å²) in [6.07, 6.45) is 7.49. The summed E-state index contributed by atoms with van der Waals surface area (Å²) in [7, 11) is 1.50. The van der Waals surface area contributed by atoms with Crippen molar-refractivity contribution in [1.82, 2.24) is 4.98 Å². The Labute approximate surface area is 108 Å². The van der Waals surface area contributed by atoms with Crippen LogP contribution in [0.5, 0.6) is 0 Å². The molecule has 18 heavy (non-hydrogen) atoms. The van der Waals surface area contributed by atoms with Crippen LogP contribution in [0.15, 0.2) is 24.4 Å². The third kappa shape index (κ3) is 1.57. The summed E-state index contributed by atoms with van der Waals surface area (Å²) >= 11 is 0. The van der Waals surface area contributed by atoms with Gasteiger partial charge >= 0.3 is 5.97 Å². The average molecular weight is 245 g/mol. The molecule has 0 aromatic carbocycles. The van der Waals surface area contributed by atoms with Crippen LogP contribution >= 0.6 is 0 Å². The number of ether oxygens (including phenoxy) is 1. The summed E-state index contributed by atoms with van der Waals surface area (Å²) in [6, 6.07) is 5.85. The maximum absolute atomic E-state index is 12.4. The first-order chi connectivity index (χ1) is 8.77. The minimum atomic E-state index is -0.475. The van der Waals surface area contributed by atoms with E-state index in [-0.39, 0.29) is 5.97 Å². The van der Waals surface area contributed by atoms with Crippen LogP contribution in [0.4, 0.5) is 0 Å². The molecule has 1 aromatic rings. The predicted octanol–water partition coefficient (Wildman–Crippen LogP) is 2.70. The highest BCUT2D eigenvalue weighted by Gasteiger charge is 2.55. The number of aromatic nitrogens is 1. The molecule has 0 aliphatic heterocycles. The lowest BCUT2D eigenvalue weighted by Crippen LogP contribution is -2.51. The molecule has 0 N–H and O–H groups in total. The number of pyridine rings is 1. The molecule has 4 rings (SSSR count). The van der Waals surface area contributed by atoms with Crippen LogP contribution in [0.3, 0.4) is 0 Å². The third-order valence-corrected chi connectivity index (χ3v) is 4.83. The van der Waals surface area contributed by atoms with Gasteiger partial charge in [-0.25, -0.2) is 0 Å². The van der Waals surface area contributed by atoms with Crippen LogP contribution < -0.4 is 0 Å². The van der Waals surface area contributed by atoms with Gasteiger partial charge in [0.1, 0.15) is 5.41 Å². The van der Waals surface area contributed by atoms with E-state index in [4.69, 9.17) is 4.74 Å². The summed E-state index contributed by atoms with van der Waals surface area (Å²) < 4.78 is 5.12. The van der Waals surface area contributed by atoms with Gasteiger partial charge in [-0.2, -0.15) is 0 Å². The van der Waals surface area contributed by atoms with E-state index in [1.54, 1.807) is 6.20 Å². The molecule has 96 valence electrons. The Morgan fingerprint density at radius 1 is 1.33 bits per heavy atom. The van der Waals surface area contributed by atoms with Crippen molar-refractivity contribution in [2.45, 2.75) is 37.5 Å². The second kappa shape index (κ2) is 4.38. The first-order valence-electron chi connectivity index (χ1n) is 6.77. The number of methoxy groups -OCH3 is 1. The molecule has 1 unspecified atom stereocenters. The topological polar surface area (TPSA) is 39.2 Å². The molecule has 3 nitrogen and oxygen atoms in total. The van der Waals surface area contributed by atoms with Gasteiger partial charge in [-0.1, -0.05) is 18.9 Å². The largest absolute Gasteiger partial charge is 0.468 e. The number of hydrogen-bond acceptors (Lipinski definition) is 3. The van der Waals surface area contributed by atoms with Gasteiger partial charge < -0.3 is 4.74 Å². The molecule has 3 heteroatoms. The highest BCUT2D eigenvalue weighted by Crippen LogP contribution is 2.53. The van der Waals surface area contributed by atoms with Crippen molar-refractivity contribution in [3.63, 3.8) is 0 Å². The smallest absolute Gasteiger partial charge is 0.318 e. The average Bonchev–Trinajstić information content (AvgIpc) is 2.48. The fourth-order valence-electron chi connectivity index (χ4n) is 3.96. The first-order valence-corrected chi connectivity index (χ1v) is 6.77. The molecule has 3 fully saturated rings. The summed E-state index contributed by atoms with van der Waals surface area (Å²) in [4.78, 5) is 16.9. The third-order valence-electron chi connectivity index (χ3n) is 4.83. The molecule has 0 radical (unpaired) electrons. The van der Waals surface area contributed by atoms with E-state index in [0.717, 1.165) is 25.0 Å². The van der Waals surface area contributed by atoms with Gasteiger partial charge in [-0.05, 0) is 43.2 Å². The van der Waals surface area contributed by atoms with Crippen molar-refractivity contribution in [3.8, 4) is 0 Å². The molecule has 3 aliphatic rings. The minimum absolute atomic E-state index is 0.0874. The molecule has 1 heterocycles. The van der Waals surface area contributed by atoms with Crippen LogP contribution in [-0.2, 0) is 14.9 Å². The lowest BCUT2D eigenvalue weighted by molar-refractivity contribution is -0.155. The number of nitrogens with zero attached hydrogens (tertiary/aromatic N) is 1. The Bertz CT molecular complexity index is 437. The van der Waals surface area contributed by atoms with Crippen molar-refractivity contribution in [2.75, 3.05) is 7.11 Å². The van der Waals surface area contributed by atoms with E-state index >= 15 is 0 Å². The highest BCUT2D eigenvalue weighted by atomic mass is 16.5. The number of fused-ring (bicyclic) bond motifs is 3. The number of esters is 1. The van der Waals surface area contributed by atoms with Gasteiger partial charge in [0.2, 0.25) is 0 Å². The number of hydrogen-bond donors (Lipinski definition) is 0. The van der Waals surface area contributed by atoms with Crippen molar-refractivity contribution < 1.29 is 9.53 Å². The van der Waals surface area contributed by atoms with Crippen molar-refractivity contribution in [1.29, 1.82) is 0 Å². The zero-order chi connectivity index (χ0) is 12.6. The van der Waals surface area contributed by atoms with Crippen LogP contribution in [-0.4, -0.2) is 18.1 Å². The molecule has 2 bridgehead atoms. The quantitative estimate of drug-likeness (QED) is 0.752. The molecular weight excluding hydrogens is 226 g/mol. The summed E-state index contributed by atoms with van der Waals surface area (Å²) in [6.45, 7) is 0. The Hall–Kier alpha value is -1.38. The summed E-state index contributed by atoms with van der Waals surface area (Å²) in [5.74, 6) is 0.983. The zero-order valence-corrected chi connectivity index (χ0v) is 10.8. The predicted molar refractivity (Wildman–Crippen MR) is 68.0 cm³/mol. The first kappa shape index (κ1) is 11.7. The van der Waals surface area contributed by atoms with E-state index in [0.29, 0.717) is 11.8 Å². The normalized spacial score (nSPS) is 34.3. The van der Waals surface area contributed by atoms with E-state index in [9.17, 15) is 4.79 Å². The molecular formula is C15H19NO2. The zero-order valence-electron chi connectivity index (χ0n) is 10.8. The Balaban J connectivity index is 2.07. The standard InChI is InChI=1S/C15H19NO2/c1-18-14(17)15(13-4-2-3-9-16-13)10-11-5-7-12(15)8-6-11/h2-4,9,11-12H,5-8,10H2,1H3. The molecule has 1 atom stereocenters. The number of carbonyl (C=O) groups is 1. The Morgan fingerprint density at radius 2 is 2.11 bits per heavy atom. The van der Waals surface area contributed by atoms with Crippen molar-refractivity contribution >= 4 is 5.97 Å². The van der Waals surface area contributed by atoms with Gasteiger partial charge in [0.25, 0.3) is 0 Å². The molecule has 3 aliphatic carbocycles. The van der Waals surface area contributed by atoms with E-state index in [1.165, 1.54) is 20.0 Å². The van der Waals surface area contributed by atoms with E-state index < -0.39 is 5.41 Å². The van der Waals surface area contributed by atoms with Crippen LogP contribution in [0.2, 0.25) is 0 Å².